The first kappa shape index (κ1) is 14.9. The van der Waals surface area contributed by atoms with E-state index in [1.807, 2.05) is 36.4 Å². The first-order valence-corrected chi connectivity index (χ1v) is 7.76. The highest BCUT2D eigenvalue weighted by molar-refractivity contribution is 5.68. The van der Waals surface area contributed by atoms with Crippen molar-refractivity contribution in [2.45, 2.75) is 0 Å². The second-order valence-corrected chi connectivity index (χ2v) is 5.56. The molecule has 2 N–H and O–H groups in total. The summed E-state index contributed by atoms with van der Waals surface area (Å²) in [6, 6.07) is 14.4. The minimum absolute atomic E-state index is 0.164. The molecule has 6 heteroatoms. The van der Waals surface area contributed by atoms with Gasteiger partial charge in [0.1, 0.15) is 0 Å². The molecule has 0 amide bonds. The van der Waals surface area contributed by atoms with Crippen LogP contribution in [0.3, 0.4) is 0 Å². The predicted molar refractivity (Wildman–Crippen MR) is 98.4 cm³/mol. The number of rotatable bonds is 3. The van der Waals surface area contributed by atoms with Gasteiger partial charge in [-0.1, -0.05) is 18.2 Å². The molecule has 4 rings (SSSR count). The van der Waals surface area contributed by atoms with E-state index in [2.05, 4.69) is 9.97 Å². The molecule has 25 heavy (non-hydrogen) atoms. The van der Waals surface area contributed by atoms with Crippen molar-refractivity contribution >= 4 is 23.5 Å². The predicted octanol–water partition coefficient (Wildman–Crippen LogP) is 2.63. The van der Waals surface area contributed by atoms with Crippen molar-refractivity contribution in [2.75, 3.05) is 5.73 Å². The number of fused-ring (bicyclic) bond motifs is 1. The van der Waals surface area contributed by atoms with E-state index in [1.165, 1.54) is 10.6 Å². The van der Waals surface area contributed by atoms with Crippen LogP contribution in [0.4, 0.5) is 5.69 Å². The van der Waals surface area contributed by atoms with Crippen molar-refractivity contribution in [3.05, 3.63) is 88.7 Å². The molecule has 3 heterocycles. The smallest absolute Gasteiger partial charge is 0.273 e. The number of pyridine rings is 1. The van der Waals surface area contributed by atoms with E-state index in [0.717, 1.165) is 11.3 Å². The van der Waals surface area contributed by atoms with Gasteiger partial charge in [-0.2, -0.15) is 4.52 Å². The van der Waals surface area contributed by atoms with Gasteiger partial charge in [-0.3, -0.25) is 14.5 Å². The van der Waals surface area contributed by atoms with Crippen LogP contribution in [0.2, 0.25) is 0 Å². The summed E-state index contributed by atoms with van der Waals surface area (Å²) in [5.74, 6) is 0. The van der Waals surface area contributed by atoms with Crippen LogP contribution in [-0.4, -0.2) is 19.2 Å². The maximum absolute atomic E-state index is 12.6. The molecule has 1 aromatic carbocycles. The Labute approximate surface area is 143 Å². The van der Waals surface area contributed by atoms with E-state index >= 15 is 0 Å². The van der Waals surface area contributed by atoms with Crippen LogP contribution in [0, 0.1) is 0 Å². The molecule has 6 nitrogen and oxygen atoms in total. The molecule has 122 valence electrons. The molecule has 0 fully saturated rings. The molecule has 0 bridgehead atoms. The molecular formula is C19H15N5O. The number of hydrogen-bond acceptors (Lipinski definition) is 4. The summed E-state index contributed by atoms with van der Waals surface area (Å²) < 4.78 is 3.24. The number of nitrogens with zero attached hydrogens (tertiary/aromatic N) is 4. The molecule has 0 radical (unpaired) electrons. The van der Waals surface area contributed by atoms with Crippen LogP contribution in [0.25, 0.3) is 23.5 Å². The van der Waals surface area contributed by atoms with Gasteiger partial charge in [-0.05, 0) is 35.9 Å². The molecule has 3 aromatic heterocycles. The average Bonchev–Trinajstić information content (AvgIpc) is 3.05. The topological polar surface area (TPSA) is 78.2 Å². The highest BCUT2D eigenvalue weighted by atomic mass is 16.1. The SMILES string of the molecule is Nc1cccc(-n2ccc3nc(C=Cc4cccnc4)cc(=O)n32)c1. The lowest BCUT2D eigenvalue weighted by molar-refractivity contribution is 0.763. The lowest BCUT2D eigenvalue weighted by atomic mass is 10.2. The van der Waals surface area contributed by atoms with E-state index in [1.54, 1.807) is 41.5 Å². The van der Waals surface area contributed by atoms with Crippen LogP contribution >= 0.6 is 0 Å². The first-order chi connectivity index (χ1) is 12.2. The fraction of sp³-hybridized carbons (Fsp3) is 0. The fourth-order valence-electron chi connectivity index (χ4n) is 2.65. The summed E-state index contributed by atoms with van der Waals surface area (Å²) >= 11 is 0. The third kappa shape index (κ3) is 2.92. The van der Waals surface area contributed by atoms with Crippen LogP contribution < -0.4 is 11.3 Å². The summed E-state index contributed by atoms with van der Waals surface area (Å²) in [6.45, 7) is 0. The zero-order valence-corrected chi connectivity index (χ0v) is 13.3. The van der Waals surface area contributed by atoms with Gasteiger partial charge in [0.15, 0.2) is 5.65 Å². The molecule has 0 aliphatic carbocycles. The number of anilines is 1. The third-order valence-electron chi connectivity index (χ3n) is 3.79. The van der Waals surface area contributed by atoms with E-state index in [9.17, 15) is 4.79 Å². The number of nitrogen functional groups attached to an aromatic ring is 1. The van der Waals surface area contributed by atoms with Gasteiger partial charge < -0.3 is 5.73 Å². The molecule has 0 saturated carbocycles. The number of nitrogens with two attached hydrogens (primary N) is 1. The van der Waals surface area contributed by atoms with E-state index < -0.39 is 0 Å². The minimum Gasteiger partial charge on any atom is -0.399 e. The van der Waals surface area contributed by atoms with Crippen molar-refractivity contribution in [1.29, 1.82) is 0 Å². The Hall–Kier alpha value is -3.67. The van der Waals surface area contributed by atoms with Gasteiger partial charge >= 0.3 is 0 Å². The summed E-state index contributed by atoms with van der Waals surface area (Å²) in [7, 11) is 0. The van der Waals surface area contributed by atoms with Crippen molar-refractivity contribution in [2.24, 2.45) is 0 Å². The van der Waals surface area contributed by atoms with Gasteiger partial charge in [0.05, 0.1) is 11.4 Å². The van der Waals surface area contributed by atoms with E-state index in [-0.39, 0.29) is 5.56 Å². The lowest BCUT2D eigenvalue weighted by Gasteiger charge is -2.07. The quantitative estimate of drug-likeness (QED) is 0.586. The Morgan fingerprint density at radius 2 is 1.96 bits per heavy atom. The third-order valence-corrected chi connectivity index (χ3v) is 3.79. The van der Waals surface area contributed by atoms with Crippen molar-refractivity contribution < 1.29 is 0 Å². The molecule has 0 spiro atoms. The maximum Gasteiger partial charge on any atom is 0.273 e. The Bertz CT molecular complexity index is 1130. The van der Waals surface area contributed by atoms with Crippen LogP contribution in [0.1, 0.15) is 11.3 Å². The second kappa shape index (κ2) is 6.09. The molecule has 4 aromatic rings. The lowest BCUT2D eigenvalue weighted by Crippen LogP contribution is -2.20. The highest BCUT2D eigenvalue weighted by Gasteiger charge is 2.07. The Balaban J connectivity index is 1.77. The number of benzene rings is 1. The standard InChI is InChI=1S/C19H15N5O/c20-15-4-1-5-17(11-15)23-10-8-18-22-16(12-19(25)24(18)23)7-6-14-3-2-9-21-13-14/h1-13H,20H2. The number of aromatic nitrogens is 4. The molecule has 0 unspecified atom stereocenters. The molecule has 0 saturated heterocycles. The van der Waals surface area contributed by atoms with Gasteiger partial charge in [-0.15, -0.1) is 0 Å². The summed E-state index contributed by atoms with van der Waals surface area (Å²) in [6.07, 6.45) is 8.94. The largest absolute Gasteiger partial charge is 0.399 e. The zero-order chi connectivity index (χ0) is 17.2. The number of hydrogen-bond donors (Lipinski definition) is 1. The molecule has 0 aliphatic rings. The minimum atomic E-state index is -0.164. The normalized spacial score (nSPS) is 11.4. The average molecular weight is 329 g/mol. The van der Waals surface area contributed by atoms with E-state index in [0.29, 0.717) is 17.0 Å². The van der Waals surface area contributed by atoms with Crippen molar-refractivity contribution in [3.8, 4) is 5.69 Å². The van der Waals surface area contributed by atoms with Gasteiger partial charge in [-0.25, -0.2) is 4.98 Å². The van der Waals surface area contributed by atoms with Gasteiger partial charge in [0.2, 0.25) is 0 Å². The second-order valence-electron chi connectivity index (χ2n) is 5.56. The molecule has 0 aliphatic heterocycles. The van der Waals surface area contributed by atoms with Crippen LogP contribution in [0.15, 0.2) is 71.9 Å². The Morgan fingerprint density at radius 1 is 1.04 bits per heavy atom. The summed E-state index contributed by atoms with van der Waals surface area (Å²) in [5.41, 5.74) is 9.22. The van der Waals surface area contributed by atoms with Crippen molar-refractivity contribution in [1.82, 2.24) is 19.2 Å². The zero-order valence-electron chi connectivity index (χ0n) is 13.3. The first-order valence-electron chi connectivity index (χ1n) is 7.76. The molecular weight excluding hydrogens is 314 g/mol. The fourth-order valence-corrected chi connectivity index (χ4v) is 2.65. The van der Waals surface area contributed by atoms with Gasteiger partial charge in [0.25, 0.3) is 5.56 Å². The van der Waals surface area contributed by atoms with Crippen LogP contribution in [-0.2, 0) is 0 Å². The van der Waals surface area contributed by atoms with Crippen LogP contribution in [0.5, 0.6) is 0 Å². The monoisotopic (exact) mass is 329 g/mol. The van der Waals surface area contributed by atoms with E-state index in [4.69, 9.17) is 5.73 Å². The summed E-state index contributed by atoms with van der Waals surface area (Å²) in [4.78, 5) is 21.2. The Kier molecular flexibility index (Phi) is 3.63. The van der Waals surface area contributed by atoms with Gasteiger partial charge in [0, 0.05) is 36.4 Å². The summed E-state index contributed by atoms with van der Waals surface area (Å²) in [5, 5.41) is 0. The molecule has 0 atom stereocenters. The van der Waals surface area contributed by atoms with Crippen molar-refractivity contribution in [3.63, 3.8) is 0 Å². The maximum atomic E-state index is 12.6. The Morgan fingerprint density at radius 3 is 2.76 bits per heavy atom. The highest BCUT2D eigenvalue weighted by Crippen LogP contribution is 2.13.